The van der Waals surface area contributed by atoms with Crippen LogP contribution in [0.4, 0.5) is 0 Å². The third-order valence-electron chi connectivity index (χ3n) is 4.15. The number of rotatable bonds is 5. The Morgan fingerprint density at radius 1 is 1.00 bits per heavy atom. The van der Waals surface area contributed by atoms with Gasteiger partial charge in [0.25, 0.3) is 0 Å². The Morgan fingerprint density at radius 2 is 1.67 bits per heavy atom. The number of fused-ring (bicyclic) bond motifs is 1. The normalized spacial score (nSPS) is 17.8. The lowest BCUT2D eigenvalue weighted by Crippen LogP contribution is -2.18. The summed E-state index contributed by atoms with van der Waals surface area (Å²) in [7, 11) is 1.74. The summed E-state index contributed by atoms with van der Waals surface area (Å²) in [5, 5.41) is 4.67. The van der Waals surface area contributed by atoms with Crippen molar-refractivity contribution in [1.82, 2.24) is 10.3 Å². The molecule has 1 aliphatic carbocycles. The van der Waals surface area contributed by atoms with Crippen molar-refractivity contribution >= 4 is 11.3 Å². The number of nitrogens with zero attached hydrogens (tertiary/aromatic N) is 1. The van der Waals surface area contributed by atoms with E-state index in [0.29, 0.717) is 0 Å². The smallest absolute Gasteiger partial charge is 0.107 e. The van der Waals surface area contributed by atoms with E-state index in [9.17, 15) is 0 Å². The molecule has 0 aliphatic heterocycles. The van der Waals surface area contributed by atoms with Crippen LogP contribution in [-0.4, -0.2) is 25.2 Å². The predicted octanol–water partition coefficient (Wildman–Crippen LogP) is 4.10. The fourth-order valence-corrected chi connectivity index (χ4v) is 4.04. The molecule has 0 atom stereocenters. The maximum absolute atomic E-state index is 5.07. The maximum atomic E-state index is 5.07. The predicted molar refractivity (Wildman–Crippen MR) is 90.0 cm³/mol. The number of nitrogens with one attached hydrogen (secondary N) is 1. The Morgan fingerprint density at radius 3 is 2.38 bits per heavy atom. The van der Waals surface area contributed by atoms with Crippen molar-refractivity contribution in [3.8, 4) is 0 Å². The largest absolute Gasteiger partial charge is 0.383 e. The molecular weight excluding hydrogens is 280 g/mol. The number of aromatic nitrogens is 1. The summed E-state index contributed by atoms with van der Waals surface area (Å²) in [6, 6.07) is 0. The summed E-state index contributed by atoms with van der Waals surface area (Å²) < 4.78 is 5.07. The molecule has 1 aliphatic rings. The van der Waals surface area contributed by atoms with Gasteiger partial charge in [-0.3, -0.25) is 0 Å². The van der Waals surface area contributed by atoms with Crippen LogP contribution in [-0.2, 0) is 24.1 Å². The second-order valence-electron chi connectivity index (χ2n) is 5.98. The van der Waals surface area contributed by atoms with Gasteiger partial charge in [0.05, 0.1) is 12.3 Å². The van der Waals surface area contributed by atoms with Gasteiger partial charge in [0.15, 0.2) is 0 Å². The SMILES string of the molecule is COCCNCc1nc2c(s1)CCCCCCCCCC2. The fourth-order valence-electron chi connectivity index (χ4n) is 2.91. The minimum absolute atomic E-state index is 0.769. The zero-order valence-electron chi connectivity index (χ0n) is 13.5. The Kier molecular flexibility index (Phi) is 8.30. The number of hydrogen-bond donors (Lipinski definition) is 1. The van der Waals surface area contributed by atoms with Gasteiger partial charge in [-0.15, -0.1) is 11.3 Å². The molecule has 120 valence electrons. The van der Waals surface area contributed by atoms with Crippen molar-refractivity contribution in [3.63, 3.8) is 0 Å². The van der Waals surface area contributed by atoms with Gasteiger partial charge in [-0.2, -0.15) is 0 Å². The minimum atomic E-state index is 0.769. The van der Waals surface area contributed by atoms with Crippen LogP contribution in [0.2, 0.25) is 0 Å². The molecule has 1 aromatic rings. The first kappa shape index (κ1) is 16.9. The van der Waals surface area contributed by atoms with Crippen molar-refractivity contribution in [1.29, 1.82) is 0 Å². The van der Waals surface area contributed by atoms with E-state index in [0.717, 1.165) is 19.7 Å². The molecular formula is C17H30N2OS. The number of methoxy groups -OCH3 is 1. The molecule has 3 nitrogen and oxygen atoms in total. The van der Waals surface area contributed by atoms with Gasteiger partial charge in [-0.05, 0) is 25.7 Å². The lowest BCUT2D eigenvalue weighted by molar-refractivity contribution is 0.199. The zero-order valence-corrected chi connectivity index (χ0v) is 14.3. The van der Waals surface area contributed by atoms with Crippen LogP contribution in [0.1, 0.15) is 66.9 Å². The van der Waals surface area contributed by atoms with Gasteiger partial charge >= 0.3 is 0 Å². The Hall–Kier alpha value is -0.450. The molecule has 0 aromatic carbocycles. The standard InChI is InChI=1S/C17H30N2OS/c1-20-13-12-18-14-17-19-15-10-8-6-4-2-3-5-7-9-11-16(15)21-17/h18H,2-14H2,1H3. The average molecular weight is 311 g/mol. The highest BCUT2D eigenvalue weighted by Gasteiger charge is 2.11. The summed E-state index contributed by atoms with van der Waals surface area (Å²) >= 11 is 1.93. The van der Waals surface area contributed by atoms with Crippen LogP contribution >= 0.6 is 11.3 Å². The van der Waals surface area contributed by atoms with E-state index in [2.05, 4.69) is 5.32 Å². The van der Waals surface area contributed by atoms with E-state index in [1.165, 1.54) is 74.9 Å². The molecule has 1 N–H and O–H groups in total. The zero-order chi connectivity index (χ0) is 14.8. The monoisotopic (exact) mass is 310 g/mol. The highest BCUT2D eigenvalue weighted by Crippen LogP contribution is 2.24. The molecule has 0 bridgehead atoms. The van der Waals surface area contributed by atoms with Gasteiger partial charge in [0.2, 0.25) is 0 Å². The number of ether oxygens (including phenoxy) is 1. The third-order valence-corrected chi connectivity index (χ3v) is 5.31. The highest BCUT2D eigenvalue weighted by molar-refractivity contribution is 7.11. The van der Waals surface area contributed by atoms with Crippen LogP contribution in [0.3, 0.4) is 0 Å². The van der Waals surface area contributed by atoms with E-state index >= 15 is 0 Å². The number of aryl methyl sites for hydroxylation is 2. The molecule has 0 unspecified atom stereocenters. The Balaban J connectivity index is 1.89. The topological polar surface area (TPSA) is 34.1 Å². The summed E-state index contributed by atoms with van der Waals surface area (Å²) in [4.78, 5) is 6.45. The molecule has 0 amide bonds. The highest BCUT2D eigenvalue weighted by atomic mass is 32.1. The minimum Gasteiger partial charge on any atom is -0.383 e. The second kappa shape index (κ2) is 10.3. The quantitative estimate of drug-likeness (QED) is 0.832. The molecule has 0 spiro atoms. The summed E-state index contributed by atoms with van der Waals surface area (Å²) in [5.41, 5.74) is 1.39. The second-order valence-corrected chi connectivity index (χ2v) is 7.14. The van der Waals surface area contributed by atoms with Gasteiger partial charge in [-0.1, -0.05) is 38.5 Å². The Labute approximate surface area is 133 Å². The molecule has 0 saturated heterocycles. The number of hydrogen-bond acceptors (Lipinski definition) is 4. The van der Waals surface area contributed by atoms with Crippen LogP contribution < -0.4 is 5.32 Å². The molecule has 1 aromatic heterocycles. The molecule has 0 radical (unpaired) electrons. The van der Waals surface area contributed by atoms with Crippen LogP contribution in [0.5, 0.6) is 0 Å². The third kappa shape index (κ3) is 6.45. The van der Waals surface area contributed by atoms with Gasteiger partial charge in [0, 0.05) is 25.1 Å². The summed E-state index contributed by atoms with van der Waals surface area (Å²) in [6.45, 7) is 2.56. The first-order valence-corrected chi connectivity index (χ1v) is 9.39. The van der Waals surface area contributed by atoms with Gasteiger partial charge in [-0.25, -0.2) is 4.98 Å². The summed E-state index contributed by atoms with van der Waals surface area (Å²) in [6.07, 6.45) is 13.5. The fraction of sp³-hybridized carbons (Fsp3) is 0.824. The van der Waals surface area contributed by atoms with Gasteiger partial charge in [0.1, 0.15) is 5.01 Å². The van der Waals surface area contributed by atoms with E-state index in [4.69, 9.17) is 9.72 Å². The summed E-state index contributed by atoms with van der Waals surface area (Å²) in [5.74, 6) is 0. The average Bonchev–Trinajstić information content (AvgIpc) is 2.86. The van der Waals surface area contributed by atoms with Crippen LogP contribution in [0.15, 0.2) is 0 Å². The van der Waals surface area contributed by atoms with E-state index < -0.39 is 0 Å². The first-order chi connectivity index (χ1) is 10.4. The molecule has 0 saturated carbocycles. The molecule has 21 heavy (non-hydrogen) atoms. The van der Waals surface area contributed by atoms with Crippen molar-refractivity contribution in [2.75, 3.05) is 20.3 Å². The van der Waals surface area contributed by atoms with Gasteiger partial charge < -0.3 is 10.1 Å². The molecule has 4 heteroatoms. The van der Waals surface area contributed by atoms with Crippen LogP contribution in [0, 0.1) is 0 Å². The first-order valence-electron chi connectivity index (χ1n) is 8.57. The molecule has 1 heterocycles. The van der Waals surface area contributed by atoms with E-state index in [-0.39, 0.29) is 0 Å². The lowest BCUT2D eigenvalue weighted by Gasteiger charge is -2.06. The van der Waals surface area contributed by atoms with E-state index in [1.54, 1.807) is 12.0 Å². The van der Waals surface area contributed by atoms with Crippen molar-refractivity contribution in [3.05, 3.63) is 15.6 Å². The molecule has 2 rings (SSSR count). The lowest BCUT2D eigenvalue weighted by atomic mass is 10.0. The van der Waals surface area contributed by atoms with Crippen molar-refractivity contribution in [2.24, 2.45) is 0 Å². The number of thiazole rings is 1. The van der Waals surface area contributed by atoms with Crippen LogP contribution in [0.25, 0.3) is 0 Å². The van der Waals surface area contributed by atoms with E-state index in [1.807, 2.05) is 11.3 Å². The van der Waals surface area contributed by atoms with Crippen molar-refractivity contribution in [2.45, 2.75) is 70.8 Å². The maximum Gasteiger partial charge on any atom is 0.107 e. The molecule has 0 fully saturated rings. The Bertz CT molecular complexity index is 363. The van der Waals surface area contributed by atoms with Crippen molar-refractivity contribution < 1.29 is 4.74 Å².